The monoisotopic (exact) mass is 333 g/mol. The number of amides is 1. The first-order chi connectivity index (χ1) is 9.70. The molecule has 0 saturated carbocycles. The van der Waals surface area contributed by atoms with Crippen molar-refractivity contribution in [3.05, 3.63) is 27.7 Å². The van der Waals surface area contributed by atoms with Crippen LogP contribution in [0.25, 0.3) is 0 Å². The summed E-state index contributed by atoms with van der Waals surface area (Å²) in [5.74, 6) is 0.0391. The standard InChI is InChI=1S/C15H21Cl2NO3/c1-5-15(3,4)18-14(20)9(2)21-13-10(8-19)6-11(16)7-12(13)17/h6-7,9,19H,5,8H2,1-4H3,(H,18,20). The summed E-state index contributed by atoms with van der Waals surface area (Å²) in [4.78, 5) is 12.1. The zero-order valence-corrected chi connectivity index (χ0v) is 14.2. The Labute approximate surface area is 135 Å². The minimum atomic E-state index is -0.736. The van der Waals surface area contributed by atoms with E-state index in [9.17, 15) is 9.90 Å². The van der Waals surface area contributed by atoms with Crippen LogP contribution >= 0.6 is 23.2 Å². The molecule has 0 aliphatic rings. The van der Waals surface area contributed by atoms with Crippen molar-refractivity contribution >= 4 is 29.1 Å². The maximum absolute atomic E-state index is 12.1. The minimum Gasteiger partial charge on any atom is -0.479 e. The molecule has 0 aliphatic heterocycles. The smallest absolute Gasteiger partial charge is 0.261 e. The van der Waals surface area contributed by atoms with Gasteiger partial charge < -0.3 is 15.2 Å². The molecule has 0 aliphatic carbocycles. The number of hydrogen-bond acceptors (Lipinski definition) is 3. The predicted octanol–water partition coefficient (Wildman–Crippen LogP) is 3.56. The number of aliphatic hydroxyl groups excluding tert-OH is 1. The molecule has 1 rings (SSSR count). The lowest BCUT2D eigenvalue weighted by Crippen LogP contribution is -2.48. The number of aliphatic hydroxyl groups is 1. The molecular weight excluding hydrogens is 313 g/mol. The second kappa shape index (κ2) is 7.34. The highest BCUT2D eigenvalue weighted by molar-refractivity contribution is 6.35. The van der Waals surface area contributed by atoms with Gasteiger partial charge in [-0.2, -0.15) is 0 Å². The summed E-state index contributed by atoms with van der Waals surface area (Å²) < 4.78 is 5.61. The van der Waals surface area contributed by atoms with Gasteiger partial charge in [-0.25, -0.2) is 0 Å². The van der Waals surface area contributed by atoms with E-state index < -0.39 is 6.10 Å². The summed E-state index contributed by atoms with van der Waals surface area (Å²) in [6.07, 6.45) is 0.0644. The van der Waals surface area contributed by atoms with Crippen LogP contribution in [-0.4, -0.2) is 22.7 Å². The van der Waals surface area contributed by atoms with Crippen LogP contribution in [0.4, 0.5) is 0 Å². The van der Waals surface area contributed by atoms with Gasteiger partial charge in [0.25, 0.3) is 5.91 Å². The molecule has 0 heterocycles. The predicted molar refractivity (Wildman–Crippen MR) is 85.0 cm³/mol. The molecule has 0 spiro atoms. The van der Waals surface area contributed by atoms with E-state index in [0.29, 0.717) is 10.6 Å². The van der Waals surface area contributed by atoms with Gasteiger partial charge in [0.15, 0.2) is 6.10 Å². The van der Waals surface area contributed by atoms with Gasteiger partial charge in [-0.15, -0.1) is 0 Å². The summed E-state index contributed by atoms with van der Waals surface area (Å²) in [5.41, 5.74) is 0.139. The molecule has 0 saturated heterocycles. The fraction of sp³-hybridized carbons (Fsp3) is 0.533. The Kier molecular flexibility index (Phi) is 6.32. The first kappa shape index (κ1) is 18.1. The number of benzene rings is 1. The molecule has 0 bridgehead atoms. The second-order valence-electron chi connectivity index (χ2n) is 5.52. The van der Waals surface area contributed by atoms with Crippen LogP contribution in [0.1, 0.15) is 39.7 Å². The van der Waals surface area contributed by atoms with Crippen molar-refractivity contribution in [1.82, 2.24) is 5.32 Å². The Morgan fingerprint density at radius 1 is 1.43 bits per heavy atom. The topological polar surface area (TPSA) is 58.6 Å². The van der Waals surface area contributed by atoms with Crippen LogP contribution in [0, 0.1) is 0 Å². The number of rotatable bonds is 6. The van der Waals surface area contributed by atoms with Gasteiger partial charge in [0, 0.05) is 16.1 Å². The Hall–Kier alpha value is -0.970. The normalized spacial score (nSPS) is 12.9. The first-order valence-corrected chi connectivity index (χ1v) is 7.53. The molecule has 21 heavy (non-hydrogen) atoms. The van der Waals surface area contributed by atoms with Crippen molar-refractivity contribution in [3.63, 3.8) is 0 Å². The Morgan fingerprint density at radius 3 is 2.57 bits per heavy atom. The molecule has 0 fully saturated rings. The third-order valence-electron chi connectivity index (χ3n) is 3.26. The van der Waals surface area contributed by atoms with Crippen LogP contribution in [0.2, 0.25) is 10.0 Å². The summed E-state index contributed by atoms with van der Waals surface area (Å²) in [6, 6.07) is 3.07. The van der Waals surface area contributed by atoms with Gasteiger partial charge in [0.1, 0.15) is 5.75 Å². The molecule has 6 heteroatoms. The van der Waals surface area contributed by atoms with E-state index in [1.54, 1.807) is 13.0 Å². The lowest BCUT2D eigenvalue weighted by Gasteiger charge is -2.27. The van der Waals surface area contributed by atoms with Crippen molar-refractivity contribution < 1.29 is 14.6 Å². The number of carbonyl (C=O) groups excluding carboxylic acids is 1. The summed E-state index contributed by atoms with van der Waals surface area (Å²) in [5, 5.41) is 12.9. The van der Waals surface area contributed by atoms with E-state index in [2.05, 4.69) is 5.32 Å². The fourth-order valence-electron chi connectivity index (χ4n) is 1.62. The molecule has 0 radical (unpaired) electrons. The van der Waals surface area contributed by atoms with Crippen LogP contribution in [-0.2, 0) is 11.4 Å². The van der Waals surface area contributed by atoms with Crippen LogP contribution in [0.5, 0.6) is 5.75 Å². The highest BCUT2D eigenvalue weighted by Gasteiger charge is 2.24. The average Bonchev–Trinajstić information content (AvgIpc) is 2.40. The quantitative estimate of drug-likeness (QED) is 0.836. The Bertz CT molecular complexity index is 518. The number of halogens is 2. The molecule has 1 unspecified atom stereocenters. The Balaban J connectivity index is 2.88. The highest BCUT2D eigenvalue weighted by atomic mass is 35.5. The van der Waals surface area contributed by atoms with Crippen molar-refractivity contribution in [2.75, 3.05) is 0 Å². The van der Waals surface area contributed by atoms with Gasteiger partial charge in [-0.1, -0.05) is 30.1 Å². The second-order valence-corrected chi connectivity index (χ2v) is 6.36. The van der Waals surface area contributed by atoms with Crippen molar-refractivity contribution in [2.45, 2.75) is 52.4 Å². The maximum atomic E-state index is 12.1. The molecule has 4 nitrogen and oxygen atoms in total. The molecule has 118 valence electrons. The molecule has 0 aromatic heterocycles. The number of ether oxygens (including phenoxy) is 1. The SMILES string of the molecule is CCC(C)(C)NC(=O)C(C)Oc1c(Cl)cc(Cl)cc1CO. The lowest BCUT2D eigenvalue weighted by molar-refractivity contribution is -0.129. The van der Waals surface area contributed by atoms with Crippen molar-refractivity contribution in [2.24, 2.45) is 0 Å². The molecule has 1 aromatic carbocycles. The maximum Gasteiger partial charge on any atom is 0.261 e. The van der Waals surface area contributed by atoms with Crippen LogP contribution < -0.4 is 10.1 Å². The lowest BCUT2D eigenvalue weighted by atomic mass is 10.0. The van der Waals surface area contributed by atoms with Crippen LogP contribution in [0.15, 0.2) is 12.1 Å². The largest absolute Gasteiger partial charge is 0.479 e. The fourth-order valence-corrected chi connectivity index (χ4v) is 2.20. The summed E-state index contributed by atoms with van der Waals surface area (Å²) in [6.45, 7) is 7.22. The van der Waals surface area contributed by atoms with Crippen molar-refractivity contribution in [1.29, 1.82) is 0 Å². The highest BCUT2D eigenvalue weighted by Crippen LogP contribution is 2.33. The van der Waals surface area contributed by atoms with E-state index in [1.807, 2.05) is 20.8 Å². The van der Waals surface area contributed by atoms with Gasteiger partial charge in [0.2, 0.25) is 0 Å². The zero-order chi connectivity index (χ0) is 16.2. The summed E-state index contributed by atoms with van der Waals surface area (Å²) in [7, 11) is 0. The van der Waals surface area contributed by atoms with E-state index in [-0.39, 0.29) is 28.8 Å². The van der Waals surface area contributed by atoms with E-state index >= 15 is 0 Å². The van der Waals surface area contributed by atoms with E-state index in [1.165, 1.54) is 6.07 Å². The van der Waals surface area contributed by atoms with Crippen LogP contribution in [0.3, 0.4) is 0 Å². The van der Waals surface area contributed by atoms with E-state index in [4.69, 9.17) is 27.9 Å². The Morgan fingerprint density at radius 2 is 2.05 bits per heavy atom. The van der Waals surface area contributed by atoms with Gasteiger partial charge in [-0.3, -0.25) is 4.79 Å². The van der Waals surface area contributed by atoms with Gasteiger partial charge in [-0.05, 0) is 39.3 Å². The van der Waals surface area contributed by atoms with Crippen molar-refractivity contribution in [3.8, 4) is 5.75 Å². The number of hydrogen-bond donors (Lipinski definition) is 2. The average molecular weight is 334 g/mol. The zero-order valence-electron chi connectivity index (χ0n) is 12.7. The van der Waals surface area contributed by atoms with E-state index in [0.717, 1.165) is 6.42 Å². The molecule has 2 N–H and O–H groups in total. The minimum absolute atomic E-state index is 0.239. The summed E-state index contributed by atoms with van der Waals surface area (Å²) >= 11 is 11.9. The molecule has 1 amide bonds. The third-order valence-corrected chi connectivity index (χ3v) is 3.76. The number of carbonyl (C=O) groups is 1. The number of nitrogens with one attached hydrogen (secondary N) is 1. The molecule has 1 aromatic rings. The molecular formula is C15H21Cl2NO3. The first-order valence-electron chi connectivity index (χ1n) is 6.77. The molecule has 1 atom stereocenters. The van der Waals surface area contributed by atoms with Gasteiger partial charge >= 0.3 is 0 Å². The third kappa shape index (κ3) is 5.06. The van der Waals surface area contributed by atoms with Gasteiger partial charge in [0.05, 0.1) is 11.6 Å².